The van der Waals surface area contributed by atoms with E-state index in [0.29, 0.717) is 11.3 Å². The fourth-order valence-corrected chi connectivity index (χ4v) is 5.98. The lowest BCUT2D eigenvalue weighted by Crippen LogP contribution is -2.18. The molecular formula is C17H16O4S2. The SMILES string of the molecule is O=C(OC1CCS(=O)(=O)C1)c1cc2c(s1)-c1ccccc1CC2. The summed E-state index contributed by atoms with van der Waals surface area (Å²) >= 11 is 1.45. The van der Waals surface area contributed by atoms with Crippen molar-refractivity contribution in [2.45, 2.75) is 25.4 Å². The summed E-state index contributed by atoms with van der Waals surface area (Å²) < 4.78 is 28.3. The van der Waals surface area contributed by atoms with E-state index in [1.807, 2.05) is 18.2 Å². The van der Waals surface area contributed by atoms with Crippen LogP contribution < -0.4 is 0 Å². The first-order valence-electron chi connectivity index (χ1n) is 7.64. The summed E-state index contributed by atoms with van der Waals surface area (Å²) in [5.74, 6) is -0.338. The van der Waals surface area contributed by atoms with Gasteiger partial charge in [0.25, 0.3) is 0 Å². The third-order valence-electron chi connectivity index (χ3n) is 4.40. The van der Waals surface area contributed by atoms with E-state index in [-0.39, 0.29) is 11.5 Å². The Labute approximate surface area is 139 Å². The van der Waals surface area contributed by atoms with Crippen LogP contribution in [0.3, 0.4) is 0 Å². The molecule has 0 spiro atoms. The summed E-state index contributed by atoms with van der Waals surface area (Å²) in [6, 6.07) is 10.2. The van der Waals surface area contributed by atoms with Gasteiger partial charge >= 0.3 is 5.97 Å². The molecule has 1 atom stereocenters. The smallest absolute Gasteiger partial charge is 0.348 e. The van der Waals surface area contributed by atoms with Gasteiger partial charge in [-0.1, -0.05) is 24.3 Å². The van der Waals surface area contributed by atoms with Crippen molar-refractivity contribution < 1.29 is 17.9 Å². The first-order chi connectivity index (χ1) is 11.0. The van der Waals surface area contributed by atoms with Crippen molar-refractivity contribution >= 4 is 27.1 Å². The Kier molecular flexibility index (Phi) is 3.54. The van der Waals surface area contributed by atoms with Gasteiger partial charge in [-0.15, -0.1) is 11.3 Å². The van der Waals surface area contributed by atoms with Crippen LogP contribution in [0.2, 0.25) is 0 Å². The van der Waals surface area contributed by atoms with Crippen molar-refractivity contribution in [2.75, 3.05) is 11.5 Å². The Hall–Kier alpha value is -1.66. The van der Waals surface area contributed by atoms with Crippen molar-refractivity contribution in [2.24, 2.45) is 0 Å². The molecular weight excluding hydrogens is 332 g/mol. The number of carbonyl (C=O) groups is 1. The minimum absolute atomic E-state index is 0.0489. The van der Waals surface area contributed by atoms with Gasteiger partial charge in [-0.3, -0.25) is 0 Å². The molecule has 0 N–H and O–H groups in total. The van der Waals surface area contributed by atoms with E-state index in [1.54, 1.807) is 0 Å². The second-order valence-electron chi connectivity index (χ2n) is 6.05. The van der Waals surface area contributed by atoms with Gasteiger partial charge in [0.2, 0.25) is 0 Å². The summed E-state index contributed by atoms with van der Waals surface area (Å²) in [6.07, 6.45) is 1.81. The minimum atomic E-state index is -3.04. The van der Waals surface area contributed by atoms with Gasteiger partial charge in [0.05, 0.1) is 11.5 Å². The zero-order valence-corrected chi connectivity index (χ0v) is 14.1. The Morgan fingerprint density at radius 2 is 1.96 bits per heavy atom. The van der Waals surface area contributed by atoms with Crippen molar-refractivity contribution in [3.63, 3.8) is 0 Å². The average Bonchev–Trinajstić information content (AvgIpc) is 3.10. The number of esters is 1. The number of rotatable bonds is 2. The fraction of sp³-hybridized carbons (Fsp3) is 0.353. The number of benzene rings is 1. The summed E-state index contributed by atoms with van der Waals surface area (Å²) in [6.45, 7) is 0. The third-order valence-corrected chi connectivity index (χ3v) is 7.33. The first kappa shape index (κ1) is 14.9. The molecule has 0 bridgehead atoms. The fourth-order valence-electron chi connectivity index (χ4n) is 3.24. The minimum Gasteiger partial charge on any atom is -0.457 e. The van der Waals surface area contributed by atoms with Crippen LogP contribution in [0.15, 0.2) is 30.3 Å². The number of hydrogen-bond donors (Lipinski definition) is 0. The Balaban J connectivity index is 1.58. The molecule has 1 fully saturated rings. The van der Waals surface area contributed by atoms with Gasteiger partial charge in [-0.2, -0.15) is 0 Å². The van der Waals surface area contributed by atoms with E-state index in [9.17, 15) is 13.2 Å². The number of carbonyl (C=O) groups excluding carboxylic acids is 1. The maximum Gasteiger partial charge on any atom is 0.348 e. The highest BCUT2D eigenvalue weighted by Crippen LogP contribution is 2.39. The lowest BCUT2D eigenvalue weighted by molar-refractivity contribution is 0.0362. The largest absolute Gasteiger partial charge is 0.457 e. The molecule has 0 radical (unpaired) electrons. The van der Waals surface area contributed by atoms with E-state index in [4.69, 9.17) is 4.74 Å². The Morgan fingerprint density at radius 3 is 2.74 bits per heavy atom. The summed E-state index contributed by atoms with van der Waals surface area (Å²) in [7, 11) is -3.04. The van der Waals surface area contributed by atoms with Gasteiger partial charge in [0.15, 0.2) is 9.84 Å². The van der Waals surface area contributed by atoms with E-state index >= 15 is 0 Å². The van der Waals surface area contributed by atoms with Crippen molar-refractivity contribution in [1.29, 1.82) is 0 Å². The van der Waals surface area contributed by atoms with Crippen LogP contribution in [0.1, 0.15) is 27.2 Å². The molecule has 4 nitrogen and oxygen atoms in total. The zero-order chi connectivity index (χ0) is 16.0. The second kappa shape index (κ2) is 5.46. The average molecular weight is 348 g/mol. The summed E-state index contributed by atoms with van der Waals surface area (Å²) in [5, 5.41) is 0. The topological polar surface area (TPSA) is 60.4 Å². The van der Waals surface area contributed by atoms with Gasteiger partial charge < -0.3 is 4.74 Å². The highest BCUT2D eigenvalue weighted by atomic mass is 32.2. The van der Waals surface area contributed by atoms with Crippen molar-refractivity contribution in [3.05, 3.63) is 46.3 Å². The molecule has 0 amide bonds. The maximum atomic E-state index is 12.3. The second-order valence-corrected chi connectivity index (χ2v) is 9.33. The molecule has 6 heteroatoms. The maximum absolute atomic E-state index is 12.3. The van der Waals surface area contributed by atoms with Gasteiger partial charge in [0, 0.05) is 4.88 Å². The molecule has 2 heterocycles. The van der Waals surface area contributed by atoms with Gasteiger partial charge in [0.1, 0.15) is 11.0 Å². The molecule has 1 unspecified atom stereocenters. The number of fused-ring (bicyclic) bond motifs is 3. The lowest BCUT2D eigenvalue weighted by Gasteiger charge is -2.15. The first-order valence-corrected chi connectivity index (χ1v) is 10.3. The number of thiophene rings is 1. The molecule has 0 saturated carbocycles. The van der Waals surface area contributed by atoms with Crippen LogP contribution >= 0.6 is 11.3 Å². The molecule has 2 aromatic rings. The van der Waals surface area contributed by atoms with Gasteiger partial charge in [-0.05, 0) is 42.0 Å². The van der Waals surface area contributed by atoms with Crippen LogP contribution in [0, 0.1) is 0 Å². The quantitative estimate of drug-likeness (QED) is 0.783. The predicted octanol–water partition coefficient (Wildman–Crippen LogP) is 2.86. The van der Waals surface area contributed by atoms with Crippen LogP contribution in [0.5, 0.6) is 0 Å². The number of aryl methyl sites for hydroxylation is 2. The zero-order valence-electron chi connectivity index (χ0n) is 12.4. The van der Waals surface area contributed by atoms with Crippen LogP contribution in [-0.2, 0) is 27.4 Å². The summed E-state index contributed by atoms with van der Waals surface area (Å²) in [4.78, 5) is 14.0. The van der Waals surface area contributed by atoms with Crippen LogP contribution in [-0.4, -0.2) is 32.0 Å². The Morgan fingerprint density at radius 1 is 1.17 bits per heavy atom. The monoisotopic (exact) mass is 348 g/mol. The highest BCUT2D eigenvalue weighted by molar-refractivity contribution is 7.91. The molecule has 1 aromatic heterocycles. The Bertz CT molecular complexity index is 880. The molecule has 1 saturated heterocycles. The molecule has 120 valence electrons. The third kappa shape index (κ3) is 2.81. The number of ether oxygens (including phenoxy) is 1. The summed E-state index contributed by atoms with van der Waals surface area (Å²) in [5.41, 5.74) is 3.68. The van der Waals surface area contributed by atoms with Crippen LogP contribution in [0.25, 0.3) is 10.4 Å². The number of hydrogen-bond acceptors (Lipinski definition) is 5. The molecule has 1 aliphatic heterocycles. The van der Waals surface area contributed by atoms with Gasteiger partial charge in [-0.25, -0.2) is 13.2 Å². The molecule has 1 aliphatic carbocycles. The van der Waals surface area contributed by atoms with Crippen molar-refractivity contribution in [3.8, 4) is 10.4 Å². The standard InChI is InChI=1S/C17H16O4S2/c18-17(21-13-7-8-23(19,20)10-13)15-9-12-6-5-11-3-1-2-4-14(11)16(12)22-15/h1-4,9,13H,5-8,10H2. The van der Waals surface area contributed by atoms with E-state index in [0.717, 1.165) is 17.7 Å². The van der Waals surface area contributed by atoms with E-state index in [2.05, 4.69) is 12.1 Å². The molecule has 1 aromatic carbocycles. The molecule has 4 rings (SSSR count). The molecule has 23 heavy (non-hydrogen) atoms. The van der Waals surface area contributed by atoms with E-state index < -0.39 is 21.9 Å². The number of sulfone groups is 1. The highest BCUT2D eigenvalue weighted by Gasteiger charge is 2.31. The molecule has 2 aliphatic rings. The van der Waals surface area contributed by atoms with Crippen LogP contribution in [0.4, 0.5) is 0 Å². The van der Waals surface area contributed by atoms with E-state index in [1.165, 1.54) is 28.0 Å². The predicted molar refractivity (Wildman–Crippen MR) is 89.6 cm³/mol. The normalized spacial score (nSPS) is 21.5. The lowest BCUT2D eigenvalue weighted by atomic mass is 9.91. The van der Waals surface area contributed by atoms with Crippen molar-refractivity contribution in [1.82, 2.24) is 0 Å².